The number of ether oxygens (including phenoxy) is 3. The molecule has 0 spiro atoms. The second-order valence-corrected chi connectivity index (χ2v) is 9.90. The van der Waals surface area contributed by atoms with Crippen LogP contribution < -0.4 is 23.8 Å². The van der Waals surface area contributed by atoms with Gasteiger partial charge in [0.25, 0.3) is 0 Å². The molecule has 0 heterocycles. The maximum Gasteiger partial charge on any atom is 0.244 e. The van der Waals surface area contributed by atoms with Gasteiger partial charge in [-0.25, -0.2) is 8.42 Å². The monoisotopic (exact) mass is 521 g/mol. The highest BCUT2D eigenvalue weighted by atomic mass is 32.2. The molecule has 0 aliphatic heterocycles. The van der Waals surface area contributed by atoms with E-state index in [0.717, 1.165) is 16.1 Å². The van der Waals surface area contributed by atoms with Crippen molar-refractivity contribution >= 4 is 27.5 Å². The van der Waals surface area contributed by atoms with Crippen LogP contribution in [0.1, 0.15) is 25.8 Å². The topological polar surface area (TPSA) is 114 Å². The lowest BCUT2D eigenvalue weighted by atomic mass is 10.1. The molecule has 0 saturated heterocycles. The number of benzene rings is 2. The highest BCUT2D eigenvalue weighted by molar-refractivity contribution is 7.92. The summed E-state index contributed by atoms with van der Waals surface area (Å²) in [5.74, 6) is 0.453. The molecular formula is C25H35N3O7S. The lowest BCUT2D eigenvalue weighted by molar-refractivity contribution is -0.140. The third-order valence-corrected chi connectivity index (χ3v) is 6.71. The minimum Gasteiger partial charge on any atom is -0.497 e. The van der Waals surface area contributed by atoms with Crippen molar-refractivity contribution in [3.8, 4) is 17.2 Å². The molecule has 2 rings (SSSR count). The number of methoxy groups -OCH3 is 3. The van der Waals surface area contributed by atoms with Crippen molar-refractivity contribution in [2.45, 2.75) is 32.9 Å². The van der Waals surface area contributed by atoms with E-state index in [2.05, 4.69) is 5.32 Å². The Labute approximate surface area is 213 Å². The van der Waals surface area contributed by atoms with Gasteiger partial charge in [-0.05, 0) is 43.2 Å². The molecule has 198 valence electrons. The Kier molecular flexibility index (Phi) is 10.4. The van der Waals surface area contributed by atoms with Gasteiger partial charge < -0.3 is 24.4 Å². The maximum atomic E-state index is 13.7. The fourth-order valence-electron chi connectivity index (χ4n) is 3.73. The standard InChI is InChI=1S/C25H35N3O7S/c1-7-21(25(30)26-8-2)27(16-18-9-11-19(33-3)12-10-18)24(29)17-28(36(6,31)32)22-15-20(34-4)13-14-23(22)35-5/h9-15,21H,7-8,16-17H2,1-6H3,(H,26,30)/t21-/m0/s1. The van der Waals surface area contributed by atoms with Crippen LogP contribution in [-0.2, 0) is 26.2 Å². The molecule has 11 heteroatoms. The van der Waals surface area contributed by atoms with Gasteiger partial charge in [0, 0.05) is 19.2 Å². The van der Waals surface area contributed by atoms with Gasteiger partial charge in [0.1, 0.15) is 29.8 Å². The van der Waals surface area contributed by atoms with Crippen LogP contribution in [-0.4, -0.2) is 71.8 Å². The SMILES string of the molecule is CCNC(=O)[C@H](CC)N(Cc1ccc(OC)cc1)C(=O)CN(c1cc(OC)ccc1OC)S(C)(=O)=O. The Bertz CT molecular complexity index is 1140. The van der Waals surface area contributed by atoms with E-state index >= 15 is 0 Å². The molecule has 2 aromatic carbocycles. The zero-order valence-electron chi connectivity index (χ0n) is 21.6. The fourth-order valence-corrected chi connectivity index (χ4v) is 4.57. The van der Waals surface area contributed by atoms with E-state index in [-0.39, 0.29) is 23.9 Å². The van der Waals surface area contributed by atoms with Gasteiger partial charge in [-0.3, -0.25) is 13.9 Å². The van der Waals surface area contributed by atoms with Crippen LogP contribution in [0, 0.1) is 0 Å². The van der Waals surface area contributed by atoms with Gasteiger partial charge in [0.05, 0.1) is 33.3 Å². The molecule has 0 saturated carbocycles. The molecule has 0 bridgehead atoms. The minimum atomic E-state index is -3.92. The molecule has 10 nitrogen and oxygen atoms in total. The van der Waals surface area contributed by atoms with Gasteiger partial charge in [-0.1, -0.05) is 19.1 Å². The van der Waals surface area contributed by atoms with Crippen LogP contribution in [0.4, 0.5) is 5.69 Å². The highest BCUT2D eigenvalue weighted by Gasteiger charge is 2.32. The van der Waals surface area contributed by atoms with Crippen molar-refractivity contribution in [1.82, 2.24) is 10.2 Å². The predicted molar refractivity (Wildman–Crippen MR) is 138 cm³/mol. The van der Waals surface area contributed by atoms with Crippen molar-refractivity contribution < 1.29 is 32.2 Å². The fraction of sp³-hybridized carbons (Fsp3) is 0.440. The summed E-state index contributed by atoms with van der Waals surface area (Å²) < 4.78 is 42.4. The minimum absolute atomic E-state index is 0.102. The van der Waals surface area contributed by atoms with Crippen molar-refractivity contribution in [2.24, 2.45) is 0 Å². The van der Waals surface area contributed by atoms with Crippen molar-refractivity contribution in [1.29, 1.82) is 0 Å². The van der Waals surface area contributed by atoms with E-state index in [1.54, 1.807) is 57.4 Å². The molecule has 0 fully saturated rings. The van der Waals surface area contributed by atoms with Crippen LogP contribution in [0.25, 0.3) is 0 Å². The molecule has 0 aliphatic rings. The number of sulfonamides is 1. The van der Waals surface area contributed by atoms with E-state index in [1.165, 1.54) is 25.2 Å². The molecule has 0 radical (unpaired) electrons. The summed E-state index contributed by atoms with van der Waals surface area (Å²) in [6.45, 7) is 3.56. The first-order valence-electron chi connectivity index (χ1n) is 11.5. The van der Waals surface area contributed by atoms with Gasteiger partial charge in [0.2, 0.25) is 21.8 Å². The zero-order valence-corrected chi connectivity index (χ0v) is 22.4. The number of amides is 2. The molecule has 1 atom stereocenters. The Morgan fingerprint density at radius 1 is 0.944 bits per heavy atom. The Balaban J connectivity index is 2.51. The Morgan fingerprint density at radius 3 is 2.06 bits per heavy atom. The van der Waals surface area contributed by atoms with Crippen LogP contribution >= 0.6 is 0 Å². The molecule has 0 aliphatic carbocycles. The van der Waals surface area contributed by atoms with E-state index in [4.69, 9.17) is 14.2 Å². The summed E-state index contributed by atoms with van der Waals surface area (Å²) in [6.07, 6.45) is 1.35. The molecule has 1 N–H and O–H groups in total. The van der Waals surface area contributed by atoms with Gasteiger partial charge >= 0.3 is 0 Å². The van der Waals surface area contributed by atoms with E-state index in [0.29, 0.717) is 24.5 Å². The van der Waals surface area contributed by atoms with E-state index in [9.17, 15) is 18.0 Å². The third kappa shape index (κ3) is 7.27. The quantitative estimate of drug-likeness (QED) is 0.431. The number of likely N-dealkylation sites (N-methyl/N-ethyl adjacent to an activating group) is 1. The van der Waals surface area contributed by atoms with Crippen LogP contribution in [0.2, 0.25) is 0 Å². The first kappa shape index (κ1) is 28.8. The Morgan fingerprint density at radius 2 is 1.56 bits per heavy atom. The molecule has 2 amide bonds. The van der Waals surface area contributed by atoms with Crippen LogP contribution in [0.15, 0.2) is 42.5 Å². The number of carbonyl (C=O) groups is 2. The molecule has 2 aromatic rings. The average molecular weight is 522 g/mol. The molecule has 0 aromatic heterocycles. The Hall–Kier alpha value is -3.47. The number of hydrogen-bond donors (Lipinski definition) is 1. The lowest BCUT2D eigenvalue weighted by Crippen LogP contribution is -2.52. The lowest BCUT2D eigenvalue weighted by Gasteiger charge is -2.33. The number of anilines is 1. The number of nitrogens with zero attached hydrogens (tertiary/aromatic N) is 2. The van der Waals surface area contributed by atoms with Gasteiger partial charge in [0.15, 0.2) is 0 Å². The van der Waals surface area contributed by atoms with Crippen molar-refractivity contribution in [3.05, 3.63) is 48.0 Å². The zero-order chi connectivity index (χ0) is 26.9. The van der Waals surface area contributed by atoms with Gasteiger partial charge in [-0.15, -0.1) is 0 Å². The van der Waals surface area contributed by atoms with E-state index < -0.39 is 28.5 Å². The smallest absolute Gasteiger partial charge is 0.244 e. The molecule has 0 unspecified atom stereocenters. The second kappa shape index (κ2) is 13.0. The molecular weight excluding hydrogens is 486 g/mol. The average Bonchev–Trinajstić information content (AvgIpc) is 2.86. The van der Waals surface area contributed by atoms with Crippen LogP contribution in [0.3, 0.4) is 0 Å². The number of rotatable bonds is 13. The highest BCUT2D eigenvalue weighted by Crippen LogP contribution is 2.34. The second-order valence-electron chi connectivity index (χ2n) is 8.00. The summed E-state index contributed by atoms with van der Waals surface area (Å²) in [7, 11) is 0.503. The predicted octanol–water partition coefficient (Wildman–Crippen LogP) is 2.42. The van der Waals surface area contributed by atoms with Gasteiger partial charge in [-0.2, -0.15) is 0 Å². The summed E-state index contributed by atoms with van der Waals surface area (Å²) in [4.78, 5) is 28.0. The summed E-state index contributed by atoms with van der Waals surface area (Å²) in [6, 6.07) is 11.0. The maximum absolute atomic E-state index is 13.7. The summed E-state index contributed by atoms with van der Waals surface area (Å²) in [5.41, 5.74) is 0.917. The van der Waals surface area contributed by atoms with Crippen molar-refractivity contribution in [3.63, 3.8) is 0 Å². The largest absolute Gasteiger partial charge is 0.497 e. The first-order chi connectivity index (χ1) is 17.1. The summed E-state index contributed by atoms with van der Waals surface area (Å²) >= 11 is 0. The van der Waals surface area contributed by atoms with Crippen molar-refractivity contribution in [2.75, 3.05) is 45.0 Å². The van der Waals surface area contributed by atoms with Crippen LogP contribution in [0.5, 0.6) is 17.2 Å². The van der Waals surface area contributed by atoms with E-state index in [1.807, 2.05) is 0 Å². The normalized spacial score (nSPS) is 11.8. The molecule has 36 heavy (non-hydrogen) atoms. The third-order valence-electron chi connectivity index (χ3n) is 5.58. The number of hydrogen-bond acceptors (Lipinski definition) is 7. The number of carbonyl (C=O) groups excluding carboxylic acids is 2. The summed E-state index contributed by atoms with van der Waals surface area (Å²) in [5, 5.41) is 2.76. The first-order valence-corrected chi connectivity index (χ1v) is 13.3. The number of nitrogens with one attached hydrogen (secondary N) is 1.